The van der Waals surface area contributed by atoms with Crippen LogP contribution in [0.3, 0.4) is 0 Å². The van der Waals surface area contributed by atoms with Crippen molar-refractivity contribution in [2.24, 2.45) is 5.73 Å². The Kier molecular flexibility index (Phi) is 6.62. The molecule has 106 valence electrons. The van der Waals surface area contributed by atoms with Crippen LogP contribution < -0.4 is 15.8 Å². The molecule has 0 saturated carbocycles. The Morgan fingerprint density at radius 3 is 2.79 bits per heavy atom. The van der Waals surface area contributed by atoms with E-state index in [0.717, 1.165) is 6.42 Å². The second kappa shape index (κ2) is 7.99. The Hall–Kier alpha value is -1.30. The first-order valence-electron chi connectivity index (χ1n) is 5.97. The number of hydrogen-bond acceptors (Lipinski definition) is 4. The summed E-state index contributed by atoms with van der Waals surface area (Å²) in [4.78, 5) is 11.8. The molecule has 0 aliphatic heterocycles. The lowest BCUT2D eigenvalue weighted by molar-refractivity contribution is -0.117. The Labute approximate surface area is 118 Å². The molecule has 0 aromatic heterocycles. The number of benzene rings is 1. The van der Waals surface area contributed by atoms with Crippen LogP contribution in [0.25, 0.3) is 0 Å². The number of nitrogens with two attached hydrogens (primary N) is 1. The molecule has 1 unspecified atom stereocenters. The van der Waals surface area contributed by atoms with Crippen LogP contribution in [0.4, 0.5) is 5.69 Å². The Bertz CT molecular complexity index is 426. The van der Waals surface area contributed by atoms with Gasteiger partial charge in [-0.1, -0.05) is 11.6 Å². The quantitative estimate of drug-likeness (QED) is 0.752. The van der Waals surface area contributed by atoms with Gasteiger partial charge in [-0.15, -0.1) is 0 Å². The third-order valence-electron chi connectivity index (χ3n) is 2.62. The summed E-state index contributed by atoms with van der Waals surface area (Å²) in [6.45, 7) is 0.593. The number of ether oxygens (including phenoxy) is 2. The van der Waals surface area contributed by atoms with Crippen LogP contribution in [0.2, 0.25) is 5.02 Å². The molecule has 3 N–H and O–H groups in total. The molecule has 1 rings (SSSR count). The fourth-order valence-electron chi connectivity index (χ4n) is 1.56. The molecule has 1 aromatic carbocycles. The number of carbonyl (C=O) groups is 1. The monoisotopic (exact) mass is 286 g/mol. The lowest BCUT2D eigenvalue weighted by Crippen LogP contribution is -2.35. The Balaban J connectivity index is 2.54. The number of amides is 1. The van der Waals surface area contributed by atoms with Gasteiger partial charge in [-0.2, -0.15) is 0 Å². The van der Waals surface area contributed by atoms with Crippen LogP contribution in [-0.4, -0.2) is 32.8 Å². The van der Waals surface area contributed by atoms with Crippen LogP contribution >= 0.6 is 11.6 Å². The maximum absolute atomic E-state index is 11.8. The van der Waals surface area contributed by atoms with Crippen molar-refractivity contribution in [1.82, 2.24) is 0 Å². The molecule has 0 saturated heterocycles. The summed E-state index contributed by atoms with van der Waals surface area (Å²) in [6.07, 6.45) is 1.32. The smallest absolute Gasteiger partial charge is 0.241 e. The molecule has 19 heavy (non-hydrogen) atoms. The van der Waals surface area contributed by atoms with Crippen molar-refractivity contribution in [2.45, 2.75) is 18.9 Å². The molecular weight excluding hydrogens is 268 g/mol. The summed E-state index contributed by atoms with van der Waals surface area (Å²) in [5.41, 5.74) is 6.37. The molecule has 5 nitrogen and oxygen atoms in total. The van der Waals surface area contributed by atoms with Crippen LogP contribution in [0, 0.1) is 0 Å². The van der Waals surface area contributed by atoms with Gasteiger partial charge in [0, 0.05) is 19.4 Å². The van der Waals surface area contributed by atoms with Crippen LogP contribution in [0.5, 0.6) is 5.75 Å². The van der Waals surface area contributed by atoms with Gasteiger partial charge in [0.15, 0.2) is 0 Å². The zero-order valence-corrected chi connectivity index (χ0v) is 11.9. The van der Waals surface area contributed by atoms with E-state index in [1.807, 2.05) is 0 Å². The highest BCUT2D eigenvalue weighted by Gasteiger charge is 2.13. The van der Waals surface area contributed by atoms with E-state index in [0.29, 0.717) is 29.5 Å². The first-order valence-corrected chi connectivity index (χ1v) is 6.35. The van der Waals surface area contributed by atoms with E-state index in [9.17, 15) is 4.79 Å². The van der Waals surface area contributed by atoms with Gasteiger partial charge in [0.2, 0.25) is 5.91 Å². The highest BCUT2D eigenvalue weighted by atomic mass is 35.5. The molecule has 0 aliphatic carbocycles. The molecule has 1 aromatic rings. The number of anilines is 1. The van der Waals surface area contributed by atoms with Gasteiger partial charge in [-0.25, -0.2) is 0 Å². The van der Waals surface area contributed by atoms with E-state index >= 15 is 0 Å². The molecule has 0 bridgehead atoms. The van der Waals surface area contributed by atoms with Gasteiger partial charge in [-0.05, 0) is 31.0 Å². The highest BCUT2D eigenvalue weighted by Crippen LogP contribution is 2.27. The van der Waals surface area contributed by atoms with Crippen molar-refractivity contribution in [2.75, 3.05) is 26.1 Å². The second-order valence-corrected chi connectivity index (χ2v) is 4.49. The van der Waals surface area contributed by atoms with Crippen LogP contribution in [0.15, 0.2) is 18.2 Å². The van der Waals surface area contributed by atoms with Gasteiger partial charge in [0.05, 0.1) is 18.2 Å². The van der Waals surface area contributed by atoms with Gasteiger partial charge in [0.1, 0.15) is 5.75 Å². The van der Waals surface area contributed by atoms with E-state index in [4.69, 9.17) is 26.8 Å². The van der Waals surface area contributed by atoms with Crippen LogP contribution in [0.1, 0.15) is 12.8 Å². The van der Waals surface area contributed by atoms with Gasteiger partial charge < -0.3 is 20.5 Å². The fourth-order valence-corrected chi connectivity index (χ4v) is 1.82. The number of rotatable bonds is 7. The molecule has 1 atom stereocenters. The summed E-state index contributed by atoms with van der Waals surface area (Å²) in [6, 6.07) is 4.47. The molecular formula is C13H19ClN2O3. The van der Waals surface area contributed by atoms with E-state index in [2.05, 4.69) is 5.32 Å². The predicted molar refractivity (Wildman–Crippen MR) is 75.7 cm³/mol. The molecule has 0 heterocycles. The summed E-state index contributed by atoms with van der Waals surface area (Å²) in [5.74, 6) is 0.321. The van der Waals surface area contributed by atoms with Crippen molar-refractivity contribution in [1.29, 1.82) is 0 Å². The molecule has 6 heteroatoms. The van der Waals surface area contributed by atoms with Crippen LogP contribution in [-0.2, 0) is 9.53 Å². The summed E-state index contributed by atoms with van der Waals surface area (Å²) < 4.78 is 9.95. The number of nitrogens with one attached hydrogen (secondary N) is 1. The van der Waals surface area contributed by atoms with Gasteiger partial charge in [-0.3, -0.25) is 4.79 Å². The molecule has 1 amide bonds. The third-order valence-corrected chi connectivity index (χ3v) is 2.92. The largest absolute Gasteiger partial charge is 0.495 e. The fraction of sp³-hybridized carbons (Fsp3) is 0.462. The first kappa shape index (κ1) is 15.8. The molecule has 0 aliphatic rings. The minimum atomic E-state index is -0.559. The van der Waals surface area contributed by atoms with Crippen molar-refractivity contribution < 1.29 is 14.3 Å². The van der Waals surface area contributed by atoms with E-state index in [-0.39, 0.29) is 5.91 Å². The molecule has 0 radical (unpaired) electrons. The van der Waals surface area contributed by atoms with Crippen molar-refractivity contribution in [3.05, 3.63) is 23.2 Å². The maximum atomic E-state index is 11.8. The highest BCUT2D eigenvalue weighted by molar-refractivity contribution is 6.32. The van der Waals surface area contributed by atoms with Gasteiger partial charge in [0.25, 0.3) is 0 Å². The lowest BCUT2D eigenvalue weighted by Gasteiger charge is -2.12. The average molecular weight is 287 g/mol. The van der Waals surface area contributed by atoms with E-state index < -0.39 is 6.04 Å². The number of methoxy groups -OCH3 is 2. The Morgan fingerprint density at radius 1 is 1.47 bits per heavy atom. The minimum absolute atomic E-state index is 0.239. The zero-order valence-electron chi connectivity index (χ0n) is 11.1. The third kappa shape index (κ3) is 5.06. The SMILES string of the molecule is COCCCC(N)C(=O)Nc1ccc(OC)c(Cl)c1. The number of hydrogen-bond donors (Lipinski definition) is 2. The van der Waals surface area contributed by atoms with Crippen molar-refractivity contribution in [3.63, 3.8) is 0 Å². The normalized spacial score (nSPS) is 12.0. The molecule has 0 spiro atoms. The topological polar surface area (TPSA) is 73.6 Å². The average Bonchev–Trinajstić information content (AvgIpc) is 2.39. The van der Waals surface area contributed by atoms with Crippen molar-refractivity contribution in [3.8, 4) is 5.75 Å². The Morgan fingerprint density at radius 2 is 2.21 bits per heavy atom. The zero-order chi connectivity index (χ0) is 14.3. The van der Waals surface area contributed by atoms with E-state index in [1.54, 1.807) is 25.3 Å². The minimum Gasteiger partial charge on any atom is -0.495 e. The lowest BCUT2D eigenvalue weighted by atomic mass is 10.1. The van der Waals surface area contributed by atoms with Gasteiger partial charge >= 0.3 is 0 Å². The first-order chi connectivity index (χ1) is 9.08. The number of halogens is 1. The summed E-state index contributed by atoms with van der Waals surface area (Å²) in [7, 11) is 3.15. The standard InChI is InChI=1S/C13H19ClN2O3/c1-18-7-3-4-11(15)13(17)16-9-5-6-12(19-2)10(14)8-9/h5-6,8,11H,3-4,7,15H2,1-2H3,(H,16,17). The number of carbonyl (C=O) groups excluding carboxylic acids is 1. The predicted octanol–water partition coefficient (Wildman–Crippen LogP) is 2.04. The molecule has 0 fully saturated rings. The summed E-state index contributed by atoms with van der Waals surface area (Å²) in [5, 5.41) is 3.15. The second-order valence-electron chi connectivity index (χ2n) is 4.08. The summed E-state index contributed by atoms with van der Waals surface area (Å²) >= 11 is 5.97. The van der Waals surface area contributed by atoms with Crippen molar-refractivity contribution >= 4 is 23.2 Å². The van der Waals surface area contributed by atoms with E-state index in [1.165, 1.54) is 7.11 Å². The maximum Gasteiger partial charge on any atom is 0.241 e.